The Kier molecular flexibility index (Phi) is 3.58. The van der Waals surface area contributed by atoms with Crippen molar-refractivity contribution in [3.05, 3.63) is 0 Å². The molecule has 1 saturated heterocycles. The second kappa shape index (κ2) is 4.85. The van der Waals surface area contributed by atoms with Crippen LogP contribution in [0.25, 0.3) is 0 Å². The summed E-state index contributed by atoms with van der Waals surface area (Å²) in [4.78, 5) is 13.9. The number of alkyl halides is 1. The summed E-state index contributed by atoms with van der Waals surface area (Å²) >= 11 is 0. The van der Waals surface area contributed by atoms with E-state index in [1.54, 1.807) is 0 Å². The fourth-order valence-electron chi connectivity index (χ4n) is 3.04. The summed E-state index contributed by atoms with van der Waals surface area (Å²) in [6.45, 7) is -0.143. The Bertz CT molecular complexity index is 374. The van der Waals surface area contributed by atoms with Crippen LogP contribution in [0.4, 0.5) is 4.39 Å². The van der Waals surface area contributed by atoms with E-state index in [0.717, 1.165) is 12.8 Å². The molecule has 1 heterocycles. The fourth-order valence-corrected chi connectivity index (χ4v) is 3.04. The number of nitriles is 1. The number of hydrogen-bond donors (Lipinski definition) is 1. The van der Waals surface area contributed by atoms with Crippen LogP contribution >= 0.6 is 0 Å². The molecular formula is C13H19FN2O2. The third-order valence-electron chi connectivity index (χ3n) is 4.18. The summed E-state index contributed by atoms with van der Waals surface area (Å²) in [6.07, 6.45) is 3.76. The zero-order valence-corrected chi connectivity index (χ0v) is 10.5. The number of nitrogens with zero attached hydrogens (tertiary/aromatic N) is 2. The molecule has 1 atom stereocenters. The van der Waals surface area contributed by atoms with Gasteiger partial charge in [-0.2, -0.15) is 5.26 Å². The van der Waals surface area contributed by atoms with Crippen molar-refractivity contribution in [3.8, 4) is 6.07 Å². The number of hydrogen-bond acceptors (Lipinski definition) is 3. The van der Waals surface area contributed by atoms with Gasteiger partial charge in [-0.3, -0.25) is 4.79 Å². The topological polar surface area (TPSA) is 64.3 Å². The zero-order valence-electron chi connectivity index (χ0n) is 10.5. The molecule has 4 nitrogen and oxygen atoms in total. The van der Waals surface area contributed by atoms with Crippen molar-refractivity contribution in [3.63, 3.8) is 0 Å². The van der Waals surface area contributed by atoms with Gasteiger partial charge < -0.3 is 10.0 Å². The standard InChI is InChI=1S/C13H19FN2O2/c14-13(10-17)6-3-7-16(9-13)11(18)12(8-15)4-1-2-5-12/h17H,1-7,9-10H2/t13-/m1/s1. The minimum absolute atomic E-state index is 0.0776. The Morgan fingerprint density at radius 2 is 2.00 bits per heavy atom. The third-order valence-corrected chi connectivity index (χ3v) is 4.18. The van der Waals surface area contributed by atoms with Crippen molar-refractivity contribution in [2.24, 2.45) is 5.41 Å². The molecule has 1 amide bonds. The number of aliphatic hydroxyl groups is 1. The van der Waals surface area contributed by atoms with Crippen LogP contribution in [0.3, 0.4) is 0 Å². The summed E-state index contributed by atoms with van der Waals surface area (Å²) < 4.78 is 14.1. The van der Waals surface area contributed by atoms with Gasteiger partial charge in [0.1, 0.15) is 5.41 Å². The molecule has 1 N–H and O–H groups in total. The molecule has 0 aromatic carbocycles. The summed E-state index contributed by atoms with van der Waals surface area (Å²) in [5.74, 6) is -0.238. The van der Waals surface area contributed by atoms with E-state index in [9.17, 15) is 14.4 Å². The van der Waals surface area contributed by atoms with Crippen molar-refractivity contribution >= 4 is 5.91 Å². The Morgan fingerprint density at radius 1 is 1.33 bits per heavy atom. The first-order valence-electron chi connectivity index (χ1n) is 6.56. The number of carbonyl (C=O) groups excluding carboxylic acids is 1. The van der Waals surface area contributed by atoms with Crippen LogP contribution in [-0.2, 0) is 4.79 Å². The maximum absolute atomic E-state index is 14.1. The van der Waals surface area contributed by atoms with E-state index >= 15 is 0 Å². The van der Waals surface area contributed by atoms with E-state index < -0.39 is 17.7 Å². The highest BCUT2D eigenvalue weighted by Gasteiger charge is 2.47. The molecule has 2 aliphatic rings. The van der Waals surface area contributed by atoms with E-state index in [-0.39, 0.29) is 18.9 Å². The Balaban J connectivity index is 2.12. The SMILES string of the molecule is N#CC1(C(=O)N2CCC[C@](F)(CO)C2)CCCC1. The summed E-state index contributed by atoms with van der Waals surface area (Å²) in [5, 5.41) is 18.3. The molecule has 0 unspecified atom stereocenters. The van der Waals surface area contributed by atoms with Crippen LogP contribution in [0.2, 0.25) is 0 Å². The zero-order chi connectivity index (χ0) is 13.2. The molecule has 1 saturated carbocycles. The Hall–Kier alpha value is -1.15. The second-order valence-corrected chi connectivity index (χ2v) is 5.54. The first-order chi connectivity index (χ1) is 8.55. The van der Waals surface area contributed by atoms with Gasteiger partial charge in [0.15, 0.2) is 5.67 Å². The van der Waals surface area contributed by atoms with Gasteiger partial charge in [0.05, 0.1) is 19.2 Å². The molecule has 1 aliphatic heterocycles. The summed E-state index contributed by atoms with van der Waals surface area (Å²) in [7, 11) is 0. The number of likely N-dealkylation sites (tertiary alicyclic amines) is 1. The van der Waals surface area contributed by atoms with Gasteiger partial charge in [-0.05, 0) is 25.7 Å². The quantitative estimate of drug-likeness (QED) is 0.810. The van der Waals surface area contributed by atoms with E-state index in [1.807, 2.05) is 0 Å². The highest BCUT2D eigenvalue weighted by Crippen LogP contribution is 2.40. The molecule has 1 aliphatic carbocycles. The van der Waals surface area contributed by atoms with E-state index in [2.05, 4.69) is 6.07 Å². The minimum Gasteiger partial charge on any atom is -0.393 e. The molecule has 0 radical (unpaired) electrons. The molecule has 5 heteroatoms. The van der Waals surface area contributed by atoms with E-state index in [0.29, 0.717) is 25.8 Å². The number of piperidine rings is 1. The molecule has 100 valence electrons. The first kappa shape index (κ1) is 13.3. The summed E-state index contributed by atoms with van der Waals surface area (Å²) in [6, 6.07) is 2.14. The van der Waals surface area contributed by atoms with Crippen molar-refractivity contribution < 1.29 is 14.3 Å². The predicted octanol–water partition coefficient (Wildman–Crippen LogP) is 1.39. The van der Waals surface area contributed by atoms with Crippen molar-refractivity contribution in [2.45, 2.75) is 44.2 Å². The summed E-state index contributed by atoms with van der Waals surface area (Å²) in [5.41, 5.74) is -2.63. The average Bonchev–Trinajstić information content (AvgIpc) is 2.88. The van der Waals surface area contributed by atoms with Gasteiger partial charge >= 0.3 is 0 Å². The van der Waals surface area contributed by atoms with Crippen LogP contribution in [0.15, 0.2) is 0 Å². The lowest BCUT2D eigenvalue weighted by Crippen LogP contribution is -2.53. The molecular weight excluding hydrogens is 235 g/mol. The molecule has 2 fully saturated rings. The van der Waals surface area contributed by atoms with Gasteiger partial charge in [-0.1, -0.05) is 12.8 Å². The molecule has 0 bridgehead atoms. The van der Waals surface area contributed by atoms with Gasteiger partial charge in [0.2, 0.25) is 5.91 Å². The Labute approximate surface area is 106 Å². The molecule has 2 rings (SSSR count). The largest absolute Gasteiger partial charge is 0.393 e. The number of amides is 1. The molecule has 0 spiro atoms. The van der Waals surface area contributed by atoms with Gasteiger partial charge in [-0.15, -0.1) is 0 Å². The Morgan fingerprint density at radius 3 is 2.56 bits per heavy atom. The van der Waals surface area contributed by atoms with Crippen LogP contribution in [0.5, 0.6) is 0 Å². The lowest BCUT2D eigenvalue weighted by Gasteiger charge is -2.39. The molecule has 18 heavy (non-hydrogen) atoms. The van der Waals surface area contributed by atoms with Gasteiger partial charge in [-0.25, -0.2) is 4.39 Å². The van der Waals surface area contributed by atoms with Crippen LogP contribution in [0.1, 0.15) is 38.5 Å². The van der Waals surface area contributed by atoms with Gasteiger partial charge in [0.25, 0.3) is 0 Å². The molecule has 0 aromatic heterocycles. The maximum Gasteiger partial charge on any atom is 0.243 e. The predicted molar refractivity (Wildman–Crippen MR) is 63.3 cm³/mol. The van der Waals surface area contributed by atoms with E-state index in [1.165, 1.54) is 4.90 Å². The van der Waals surface area contributed by atoms with Crippen molar-refractivity contribution in [1.29, 1.82) is 5.26 Å². The number of aliphatic hydroxyl groups excluding tert-OH is 1. The lowest BCUT2D eigenvalue weighted by molar-refractivity contribution is -0.144. The third kappa shape index (κ3) is 2.22. The first-order valence-corrected chi connectivity index (χ1v) is 6.56. The lowest BCUT2D eigenvalue weighted by atomic mass is 9.84. The molecule has 0 aromatic rings. The van der Waals surface area contributed by atoms with Gasteiger partial charge in [0, 0.05) is 6.54 Å². The monoisotopic (exact) mass is 254 g/mol. The number of halogens is 1. The fraction of sp³-hybridized carbons (Fsp3) is 0.846. The van der Waals surface area contributed by atoms with Crippen LogP contribution < -0.4 is 0 Å². The number of carbonyl (C=O) groups is 1. The number of rotatable bonds is 2. The van der Waals surface area contributed by atoms with Crippen molar-refractivity contribution in [2.75, 3.05) is 19.7 Å². The van der Waals surface area contributed by atoms with Crippen LogP contribution in [0, 0.1) is 16.7 Å². The van der Waals surface area contributed by atoms with Crippen molar-refractivity contribution in [1.82, 2.24) is 4.90 Å². The minimum atomic E-state index is -1.69. The normalized spacial score (nSPS) is 31.1. The van der Waals surface area contributed by atoms with E-state index in [4.69, 9.17) is 5.11 Å². The second-order valence-electron chi connectivity index (χ2n) is 5.54. The smallest absolute Gasteiger partial charge is 0.243 e. The highest BCUT2D eigenvalue weighted by molar-refractivity contribution is 5.86. The highest BCUT2D eigenvalue weighted by atomic mass is 19.1. The maximum atomic E-state index is 14.1. The average molecular weight is 254 g/mol. The van der Waals surface area contributed by atoms with Crippen LogP contribution in [-0.4, -0.2) is 41.3 Å².